The summed E-state index contributed by atoms with van der Waals surface area (Å²) in [5.41, 5.74) is 4.24. The molecule has 2 aromatic rings. The predicted octanol–water partition coefficient (Wildman–Crippen LogP) is 4.35. The molecule has 0 spiro atoms. The molecule has 3 heteroatoms. The van der Waals surface area contributed by atoms with E-state index in [4.69, 9.17) is 4.74 Å². The summed E-state index contributed by atoms with van der Waals surface area (Å²) in [6.07, 6.45) is 0.0175. The molecule has 1 unspecified atom stereocenters. The molecule has 0 aliphatic carbocycles. The molecule has 0 aliphatic heterocycles. The minimum atomic E-state index is -0.530. The highest BCUT2D eigenvalue weighted by atomic mass is 79.9. The van der Waals surface area contributed by atoms with Crippen molar-refractivity contribution in [1.29, 1.82) is 0 Å². The van der Waals surface area contributed by atoms with Crippen LogP contribution < -0.4 is 4.74 Å². The maximum atomic E-state index is 10.4. The molecule has 0 aliphatic rings. The van der Waals surface area contributed by atoms with Gasteiger partial charge in [0.1, 0.15) is 5.75 Å². The number of ether oxygens (including phenoxy) is 1. The zero-order valence-electron chi connectivity index (χ0n) is 12.0. The molecule has 2 rings (SSSR count). The van der Waals surface area contributed by atoms with Crippen LogP contribution in [0, 0.1) is 13.8 Å². The third-order valence-electron chi connectivity index (χ3n) is 3.42. The normalized spacial score (nSPS) is 12.2. The Morgan fingerprint density at radius 2 is 1.90 bits per heavy atom. The molecule has 20 heavy (non-hydrogen) atoms. The second kappa shape index (κ2) is 6.42. The first-order valence-corrected chi connectivity index (χ1v) is 7.38. The van der Waals surface area contributed by atoms with E-state index in [1.54, 1.807) is 7.11 Å². The van der Waals surface area contributed by atoms with Crippen molar-refractivity contribution in [3.05, 3.63) is 63.1 Å². The zero-order valence-corrected chi connectivity index (χ0v) is 13.6. The number of hydrogen-bond acceptors (Lipinski definition) is 2. The number of aryl methyl sites for hydroxylation is 2. The van der Waals surface area contributed by atoms with E-state index < -0.39 is 6.10 Å². The minimum Gasteiger partial charge on any atom is -0.496 e. The largest absolute Gasteiger partial charge is 0.496 e. The number of benzene rings is 2. The lowest BCUT2D eigenvalue weighted by atomic mass is 9.98. The molecule has 0 aromatic heterocycles. The molecule has 0 saturated carbocycles. The van der Waals surface area contributed by atoms with Gasteiger partial charge >= 0.3 is 0 Å². The Morgan fingerprint density at radius 3 is 2.55 bits per heavy atom. The van der Waals surface area contributed by atoms with Crippen LogP contribution in [0.4, 0.5) is 0 Å². The minimum absolute atomic E-state index is 0.530. The third kappa shape index (κ3) is 3.41. The highest BCUT2D eigenvalue weighted by molar-refractivity contribution is 9.10. The van der Waals surface area contributed by atoms with Gasteiger partial charge in [-0.2, -0.15) is 0 Å². The van der Waals surface area contributed by atoms with E-state index in [0.29, 0.717) is 6.42 Å². The second-order valence-electron chi connectivity index (χ2n) is 5.04. The molecule has 2 nitrogen and oxygen atoms in total. The van der Waals surface area contributed by atoms with Crippen molar-refractivity contribution in [2.24, 2.45) is 0 Å². The number of halogens is 1. The monoisotopic (exact) mass is 334 g/mol. The molecule has 106 valence electrons. The fraction of sp³-hybridized carbons (Fsp3) is 0.294. The molecule has 1 N–H and O–H groups in total. The lowest BCUT2D eigenvalue weighted by molar-refractivity contribution is 0.177. The van der Waals surface area contributed by atoms with Crippen LogP contribution in [-0.2, 0) is 6.42 Å². The van der Waals surface area contributed by atoms with E-state index in [-0.39, 0.29) is 0 Å². The highest BCUT2D eigenvalue weighted by Gasteiger charge is 2.13. The molecule has 1 atom stereocenters. The van der Waals surface area contributed by atoms with Crippen LogP contribution in [0.25, 0.3) is 0 Å². The molecule has 0 saturated heterocycles. The average Bonchev–Trinajstić information content (AvgIpc) is 2.42. The molecular weight excluding hydrogens is 316 g/mol. The van der Waals surface area contributed by atoms with Crippen LogP contribution in [0.1, 0.15) is 28.4 Å². The van der Waals surface area contributed by atoms with Crippen LogP contribution in [0.5, 0.6) is 5.75 Å². The quantitative estimate of drug-likeness (QED) is 0.900. The number of aliphatic hydroxyl groups excluding tert-OH is 1. The van der Waals surface area contributed by atoms with Crippen molar-refractivity contribution in [2.75, 3.05) is 7.11 Å². The SMILES string of the molecule is COc1ccc(C)cc1CC(O)c1ccc(Br)c(C)c1. The maximum absolute atomic E-state index is 10.4. The van der Waals surface area contributed by atoms with Crippen molar-refractivity contribution in [2.45, 2.75) is 26.4 Å². The molecule has 0 amide bonds. The predicted molar refractivity (Wildman–Crippen MR) is 85.3 cm³/mol. The molecule has 0 radical (unpaired) electrons. The lowest BCUT2D eigenvalue weighted by Crippen LogP contribution is -2.04. The first-order valence-electron chi connectivity index (χ1n) is 6.59. The van der Waals surface area contributed by atoms with Crippen molar-refractivity contribution in [3.8, 4) is 5.75 Å². The van der Waals surface area contributed by atoms with E-state index in [9.17, 15) is 5.11 Å². The smallest absolute Gasteiger partial charge is 0.122 e. The summed E-state index contributed by atoms with van der Waals surface area (Å²) in [4.78, 5) is 0. The fourth-order valence-electron chi connectivity index (χ4n) is 2.27. The summed E-state index contributed by atoms with van der Waals surface area (Å²) < 4.78 is 6.42. The van der Waals surface area contributed by atoms with Gasteiger partial charge < -0.3 is 9.84 Å². The number of hydrogen-bond donors (Lipinski definition) is 1. The van der Waals surface area contributed by atoms with E-state index in [2.05, 4.69) is 22.0 Å². The van der Waals surface area contributed by atoms with E-state index in [1.165, 1.54) is 5.56 Å². The fourth-order valence-corrected chi connectivity index (χ4v) is 2.51. The van der Waals surface area contributed by atoms with E-state index >= 15 is 0 Å². The van der Waals surface area contributed by atoms with Crippen LogP contribution in [0.3, 0.4) is 0 Å². The van der Waals surface area contributed by atoms with Crippen molar-refractivity contribution >= 4 is 15.9 Å². The first kappa shape index (κ1) is 15.1. The van der Waals surface area contributed by atoms with Crippen LogP contribution in [-0.4, -0.2) is 12.2 Å². The van der Waals surface area contributed by atoms with Gasteiger partial charge in [-0.3, -0.25) is 0 Å². The second-order valence-corrected chi connectivity index (χ2v) is 5.90. The third-order valence-corrected chi connectivity index (χ3v) is 4.31. The van der Waals surface area contributed by atoms with E-state index in [1.807, 2.05) is 44.2 Å². The Morgan fingerprint density at radius 1 is 1.15 bits per heavy atom. The average molecular weight is 335 g/mol. The Bertz CT molecular complexity index is 608. The Balaban J connectivity index is 2.24. The first-order chi connectivity index (χ1) is 9.51. The van der Waals surface area contributed by atoms with Crippen molar-refractivity contribution < 1.29 is 9.84 Å². The Labute approximate surface area is 128 Å². The summed E-state index contributed by atoms with van der Waals surface area (Å²) in [6, 6.07) is 12.0. The van der Waals surface area contributed by atoms with Gasteiger partial charge in [0, 0.05) is 10.9 Å². The molecular formula is C17H19BrO2. The van der Waals surface area contributed by atoms with Gasteiger partial charge in [-0.25, -0.2) is 0 Å². The van der Waals surface area contributed by atoms with Gasteiger partial charge in [0.05, 0.1) is 13.2 Å². The van der Waals surface area contributed by atoms with Crippen molar-refractivity contribution in [3.63, 3.8) is 0 Å². The van der Waals surface area contributed by atoms with Gasteiger partial charge in [0.2, 0.25) is 0 Å². The lowest BCUT2D eigenvalue weighted by Gasteiger charge is -2.15. The molecule has 0 bridgehead atoms. The summed E-state index contributed by atoms with van der Waals surface area (Å²) in [7, 11) is 1.66. The summed E-state index contributed by atoms with van der Waals surface area (Å²) in [5, 5.41) is 10.4. The highest BCUT2D eigenvalue weighted by Crippen LogP contribution is 2.28. The van der Waals surface area contributed by atoms with Gasteiger partial charge in [-0.15, -0.1) is 0 Å². The zero-order chi connectivity index (χ0) is 14.7. The summed E-state index contributed by atoms with van der Waals surface area (Å²) in [5.74, 6) is 0.823. The Hall–Kier alpha value is -1.32. The van der Waals surface area contributed by atoms with Gasteiger partial charge in [0.25, 0.3) is 0 Å². The van der Waals surface area contributed by atoms with Crippen LogP contribution in [0.2, 0.25) is 0 Å². The van der Waals surface area contributed by atoms with Crippen LogP contribution in [0.15, 0.2) is 40.9 Å². The topological polar surface area (TPSA) is 29.5 Å². The molecule has 2 aromatic carbocycles. The van der Waals surface area contributed by atoms with Crippen molar-refractivity contribution in [1.82, 2.24) is 0 Å². The van der Waals surface area contributed by atoms with Crippen LogP contribution >= 0.6 is 15.9 Å². The van der Waals surface area contributed by atoms with Gasteiger partial charge in [-0.1, -0.05) is 45.8 Å². The molecule has 0 fully saturated rings. The number of aliphatic hydroxyl groups is 1. The van der Waals surface area contributed by atoms with E-state index in [0.717, 1.165) is 26.9 Å². The molecule has 0 heterocycles. The maximum Gasteiger partial charge on any atom is 0.122 e. The van der Waals surface area contributed by atoms with Gasteiger partial charge in [0.15, 0.2) is 0 Å². The number of methoxy groups -OCH3 is 1. The summed E-state index contributed by atoms with van der Waals surface area (Å²) >= 11 is 3.48. The summed E-state index contributed by atoms with van der Waals surface area (Å²) in [6.45, 7) is 4.06. The number of rotatable bonds is 4. The Kier molecular flexibility index (Phi) is 4.84. The standard InChI is InChI=1S/C17H19BrO2/c1-11-4-7-17(20-3)14(8-11)10-16(19)13-5-6-15(18)12(2)9-13/h4-9,16,19H,10H2,1-3H3. The van der Waals surface area contributed by atoms with Gasteiger partial charge in [-0.05, 0) is 42.7 Å².